The van der Waals surface area contributed by atoms with E-state index in [-0.39, 0.29) is 21.8 Å². The highest BCUT2D eigenvalue weighted by Crippen LogP contribution is 2.22. The summed E-state index contributed by atoms with van der Waals surface area (Å²) in [5.41, 5.74) is 1.46. The van der Waals surface area contributed by atoms with Gasteiger partial charge in [0.05, 0.1) is 16.1 Å². The third kappa shape index (κ3) is 4.51. The van der Waals surface area contributed by atoms with E-state index in [4.69, 9.17) is 0 Å². The minimum Gasteiger partial charge on any atom is -0.322 e. The second-order valence-electron chi connectivity index (χ2n) is 5.93. The summed E-state index contributed by atoms with van der Waals surface area (Å²) in [4.78, 5) is 12.6. The first-order valence-corrected chi connectivity index (χ1v) is 9.59. The normalized spacial score (nSPS) is 11.0. The van der Waals surface area contributed by atoms with Gasteiger partial charge in [-0.1, -0.05) is 35.9 Å². The Morgan fingerprint density at radius 1 is 0.926 bits per heavy atom. The molecule has 2 N–H and O–H groups in total. The molecule has 0 radical (unpaired) electrons. The Morgan fingerprint density at radius 3 is 2.33 bits per heavy atom. The van der Waals surface area contributed by atoms with Gasteiger partial charge in [0, 0.05) is 5.69 Å². The average Bonchev–Trinajstić information content (AvgIpc) is 2.62. The molecule has 7 heteroatoms. The molecule has 0 aliphatic rings. The maximum atomic E-state index is 13.3. The molecule has 0 bridgehead atoms. The number of benzene rings is 3. The first-order valence-electron chi connectivity index (χ1n) is 8.10. The fourth-order valence-corrected chi connectivity index (χ4v) is 3.54. The van der Waals surface area contributed by atoms with E-state index in [0.717, 1.165) is 5.56 Å². The van der Waals surface area contributed by atoms with Gasteiger partial charge >= 0.3 is 0 Å². The third-order valence-corrected chi connectivity index (χ3v) is 5.21. The molecule has 0 heterocycles. The molecule has 3 aromatic rings. The standard InChI is InChI=1S/C20H17FN2O3S/c1-14-9-11-17(12-10-14)27(25,26)23-19-8-3-2-7-18(19)20(24)22-16-6-4-5-15(21)13-16/h2-13,23H,1H3,(H,22,24). The molecule has 0 atom stereocenters. The minimum atomic E-state index is -3.86. The van der Waals surface area contributed by atoms with Crippen LogP contribution in [0.4, 0.5) is 15.8 Å². The predicted molar refractivity (Wildman–Crippen MR) is 103 cm³/mol. The number of sulfonamides is 1. The second-order valence-corrected chi connectivity index (χ2v) is 7.61. The van der Waals surface area contributed by atoms with Gasteiger partial charge in [-0.3, -0.25) is 9.52 Å². The van der Waals surface area contributed by atoms with Crippen LogP contribution in [0.5, 0.6) is 0 Å². The van der Waals surface area contributed by atoms with Crippen molar-refractivity contribution in [1.82, 2.24) is 0 Å². The van der Waals surface area contributed by atoms with Crippen molar-refractivity contribution in [3.8, 4) is 0 Å². The van der Waals surface area contributed by atoms with Gasteiger partial charge < -0.3 is 5.32 Å². The van der Waals surface area contributed by atoms with Crippen molar-refractivity contribution in [2.75, 3.05) is 10.0 Å². The van der Waals surface area contributed by atoms with Crippen molar-refractivity contribution in [1.29, 1.82) is 0 Å². The summed E-state index contributed by atoms with van der Waals surface area (Å²) >= 11 is 0. The Bertz CT molecular complexity index is 1080. The van der Waals surface area contributed by atoms with E-state index in [1.807, 2.05) is 6.92 Å². The van der Waals surface area contributed by atoms with Crippen molar-refractivity contribution < 1.29 is 17.6 Å². The second kappa shape index (κ2) is 7.59. The number of amides is 1. The van der Waals surface area contributed by atoms with Gasteiger partial charge in [-0.25, -0.2) is 12.8 Å². The molecule has 0 saturated heterocycles. The molecular formula is C20H17FN2O3S. The molecule has 0 aliphatic heterocycles. The van der Waals surface area contributed by atoms with Crippen LogP contribution in [0.3, 0.4) is 0 Å². The SMILES string of the molecule is Cc1ccc(S(=O)(=O)Nc2ccccc2C(=O)Nc2cccc(F)c2)cc1. The summed E-state index contributed by atoms with van der Waals surface area (Å²) in [5.74, 6) is -1.04. The monoisotopic (exact) mass is 384 g/mol. The molecule has 138 valence electrons. The highest BCUT2D eigenvalue weighted by molar-refractivity contribution is 7.92. The van der Waals surface area contributed by atoms with E-state index >= 15 is 0 Å². The summed E-state index contributed by atoms with van der Waals surface area (Å²) < 4.78 is 40.9. The summed E-state index contributed by atoms with van der Waals surface area (Å²) in [6.07, 6.45) is 0. The number of carbonyl (C=O) groups is 1. The Balaban J connectivity index is 1.87. The van der Waals surface area contributed by atoms with Crippen LogP contribution in [0.2, 0.25) is 0 Å². The van der Waals surface area contributed by atoms with E-state index in [9.17, 15) is 17.6 Å². The lowest BCUT2D eigenvalue weighted by molar-refractivity contribution is 0.102. The van der Waals surface area contributed by atoms with Crippen LogP contribution in [0.1, 0.15) is 15.9 Å². The van der Waals surface area contributed by atoms with Crippen LogP contribution in [-0.2, 0) is 10.0 Å². The number of hydrogen-bond donors (Lipinski definition) is 2. The first kappa shape index (κ1) is 18.6. The van der Waals surface area contributed by atoms with Gasteiger partial charge in [0.15, 0.2) is 0 Å². The van der Waals surface area contributed by atoms with Crippen molar-refractivity contribution in [3.05, 3.63) is 89.7 Å². The third-order valence-electron chi connectivity index (χ3n) is 3.83. The van der Waals surface area contributed by atoms with Crippen molar-refractivity contribution in [3.63, 3.8) is 0 Å². The quantitative estimate of drug-likeness (QED) is 0.693. The molecule has 27 heavy (non-hydrogen) atoms. The summed E-state index contributed by atoms with van der Waals surface area (Å²) in [5, 5.41) is 2.56. The molecule has 0 fully saturated rings. The largest absolute Gasteiger partial charge is 0.322 e. The lowest BCUT2D eigenvalue weighted by atomic mass is 10.1. The van der Waals surface area contributed by atoms with E-state index < -0.39 is 21.7 Å². The Kier molecular flexibility index (Phi) is 5.23. The Morgan fingerprint density at radius 2 is 1.63 bits per heavy atom. The summed E-state index contributed by atoms with van der Waals surface area (Å²) in [6.45, 7) is 1.86. The zero-order chi connectivity index (χ0) is 19.4. The van der Waals surface area contributed by atoms with Gasteiger partial charge in [0.25, 0.3) is 15.9 Å². The van der Waals surface area contributed by atoms with Crippen LogP contribution < -0.4 is 10.0 Å². The molecule has 0 unspecified atom stereocenters. The number of para-hydroxylation sites is 1. The first-order chi connectivity index (χ1) is 12.8. The van der Waals surface area contributed by atoms with Gasteiger partial charge in [0.2, 0.25) is 0 Å². The molecule has 0 aromatic heterocycles. The van der Waals surface area contributed by atoms with Crippen molar-refractivity contribution >= 4 is 27.3 Å². The maximum absolute atomic E-state index is 13.3. The van der Waals surface area contributed by atoms with Gasteiger partial charge in [-0.05, 0) is 49.4 Å². The van der Waals surface area contributed by atoms with E-state index in [0.29, 0.717) is 0 Å². The molecule has 3 aromatic carbocycles. The fraction of sp³-hybridized carbons (Fsp3) is 0.0500. The number of aryl methyl sites for hydroxylation is 1. The average molecular weight is 384 g/mol. The highest BCUT2D eigenvalue weighted by atomic mass is 32.2. The van der Waals surface area contributed by atoms with E-state index in [2.05, 4.69) is 10.0 Å². The van der Waals surface area contributed by atoms with E-state index in [1.165, 1.54) is 42.5 Å². The number of hydrogen-bond acceptors (Lipinski definition) is 3. The zero-order valence-electron chi connectivity index (χ0n) is 14.4. The zero-order valence-corrected chi connectivity index (χ0v) is 15.3. The molecule has 0 spiro atoms. The smallest absolute Gasteiger partial charge is 0.261 e. The topological polar surface area (TPSA) is 75.3 Å². The van der Waals surface area contributed by atoms with Crippen molar-refractivity contribution in [2.45, 2.75) is 11.8 Å². The van der Waals surface area contributed by atoms with Crippen molar-refractivity contribution in [2.24, 2.45) is 0 Å². The number of halogens is 1. The maximum Gasteiger partial charge on any atom is 0.261 e. The number of nitrogens with one attached hydrogen (secondary N) is 2. The van der Waals surface area contributed by atoms with Gasteiger partial charge in [-0.2, -0.15) is 0 Å². The molecule has 0 aliphatic carbocycles. The van der Waals surface area contributed by atoms with Gasteiger partial charge in [0.1, 0.15) is 5.82 Å². The van der Waals surface area contributed by atoms with Crippen LogP contribution in [0.15, 0.2) is 77.7 Å². The van der Waals surface area contributed by atoms with Crippen LogP contribution in [0, 0.1) is 12.7 Å². The lowest BCUT2D eigenvalue weighted by Crippen LogP contribution is -2.18. The summed E-state index contributed by atoms with van der Waals surface area (Å²) in [7, 11) is -3.86. The molecule has 5 nitrogen and oxygen atoms in total. The molecule has 3 rings (SSSR count). The number of rotatable bonds is 5. The Labute approximate surface area is 156 Å². The molecule has 1 amide bonds. The van der Waals surface area contributed by atoms with Crippen LogP contribution >= 0.6 is 0 Å². The van der Waals surface area contributed by atoms with Crippen LogP contribution in [0.25, 0.3) is 0 Å². The van der Waals surface area contributed by atoms with Gasteiger partial charge in [-0.15, -0.1) is 0 Å². The lowest BCUT2D eigenvalue weighted by Gasteiger charge is -2.13. The number of carbonyl (C=O) groups excluding carboxylic acids is 1. The highest BCUT2D eigenvalue weighted by Gasteiger charge is 2.18. The van der Waals surface area contributed by atoms with Crippen LogP contribution in [-0.4, -0.2) is 14.3 Å². The van der Waals surface area contributed by atoms with E-state index in [1.54, 1.807) is 30.3 Å². The number of anilines is 2. The predicted octanol–water partition coefficient (Wildman–Crippen LogP) is 4.19. The Hall–Kier alpha value is -3.19. The minimum absolute atomic E-state index is 0.0911. The summed E-state index contributed by atoms with van der Waals surface area (Å²) in [6, 6.07) is 18.0. The molecule has 0 saturated carbocycles. The molecular weight excluding hydrogens is 367 g/mol. The fourth-order valence-electron chi connectivity index (χ4n) is 2.46.